The van der Waals surface area contributed by atoms with E-state index < -0.39 is 35.4 Å². The lowest BCUT2D eigenvalue weighted by molar-refractivity contribution is -0.571. The molecule has 51 heavy (non-hydrogen) atoms. The molecule has 0 amide bonds. The van der Waals surface area contributed by atoms with Crippen LogP contribution in [0.5, 0.6) is 0 Å². The Hall–Kier alpha value is -1.76. The first kappa shape index (κ1) is 35.0. The zero-order valence-electron chi connectivity index (χ0n) is 31.1. The number of fused-ring (bicyclic) bond motifs is 4. The second-order valence-electron chi connectivity index (χ2n) is 18.1. The third-order valence-electron chi connectivity index (χ3n) is 15.2. The number of hydrogen-bond donors (Lipinski definition) is 0. The number of Topliss-reactive ketones (excluding diaryl/α,β-unsaturated/α-hetero) is 2. The second kappa shape index (κ2) is 12.4. The Morgan fingerprint density at radius 1 is 0.608 bits per heavy atom. The van der Waals surface area contributed by atoms with Crippen LogP contribution in [-0.4, -0.2) is 59.1 Å². The van der Waals surface area contributed by atoms with Crippen molar-refractivity contribution in [2.24, 2.45) is 47.3 Å². The quantitative estimate of drug-likeness (QED) is 0.206. The number of benzene rings is 1. The molecule has 0 radical (unpaired) electrons. The second-order valence-corrected chi connectivity index (χ2v) is 18.1. The molecule has 280 valence electrons. The molecule has 2 spiro atoms. The minimum absolute atomic E-state index is 0.000690. The summed E-state index contributed by atoms with van der Waals surface area (Å²) in [6.07, 6.45) is 7.49. The Morgan fingerprint density at radius 3 is 1.61 bits per heavy atom. The van der Waals surface area contributed by atoms with Crippen LogP contribution in [0.15, 0.2) is 24.3 Å². The van der Waals surface area contributed by atoms with Crippen molar-refractivity contribution >= 4 is 11.6 Å². The third kappa shape index (κ3) is 5.32. The highest BCUT2D eigenvalue weighted by Crippen LogP contribution is 2.62. The van der Waals surface area contributed by atoms with Gasteiger partial charge in [-0.05, 0) is 94.3 Å². The van der Waals surface area contributed by atoms with Gasteiger partial charge in [0.1, 0.15) is 0 Å². The molecule has 0 aromatic heterocycles. The van der Waals surface area contributed by atoms with E-state index in [1.165, 1.54) is 0 Å². The highest BCUT2D eigenvalue weighted by atomic mass is 17.3. The fourth-order valence-corrected chi connectivity index (χ4v) is 12.1. The molecule has 10 aliphatic rings. The zero-order chi connectivity index (χ0) is 35.5. The standard InChI is InChI=1S/C41H56O10/c1-22-7-13-30-24(3)34(44-36-40(30)28(22)17-19-38(5,46-36)48-50-40)16-15-32(42)26-9-11-27(12-10-26)33(43)21-35-25(4)31-14-8-23(2)29-18-20-39(6)47-37(45-35)41(29,31)51-49-39/h9-12,22-25,28-31,34-37H,7-8,13-21H2,1-6H3/t22-,23-,24-,25-,28+,29+,30+,31+,34-,35+,36+,37+,38-,39-,40-,41-/m1/s1. The van der Waals surface area contributed by atoms with E-state index in [1.54, 1.807) is 24.3 Å². The van der Waals surface area contributed by atoms with E-state index in [0.29, 0.717) is 41.7 Å². The number of ether oxygens (including phenoxy) is 4. The Morgan fingerprint density at radius 2 is 1.08 bits per heavy atom. The molecule has 2 aliphatic carbocycles. The van der Waals surface area contributed by atoms with E-state index in [9.17, 15) is 9.59 Å². The van der Waals surface area contributed by atoms with Gasteiger partial charge in [0.05, 0.1) is 12.2 Å². The Labute approximate surface area is 301 Å². The summed E-state index contributed by atoms with van der Waals surface area (Å²) in [6.45, 7) is 12.9. The normalized spacial score (nSPS) is 51.2. The molecule has 8 aliphatic heterocycles. The summed E-state index contributed by atoms with van der Waals surface area (Å²) in [5.74, 6) is 0.685. The summed E-state index contributed by atoms with van der Waals surface area (Å²) in [5, 5.41) is 0. The predicted octanol–water partition coefficient (Wildman–Crippen LogP) is 7.72. The average molecular weight is 709 g/mol. The van der Waals surface area contributed by atoms with Crippen LogP contribution in [0.1, 0.15) is 133 Å². The first-order valence-electron chi connectivity index (χ1n) is 19.9. The van der Waals surface area contributed by atoms with Crippen molar-refractivity contribution in [3.8, 4) is 0 Å². The van der Waals surface area contributed by atoms with E-state index in [0.717, 1.165) is 51.4 Å². The predicted molar refractivity (Wildman–Crippen MR) is 183 cm³/mol. The monoisotopic (exact) mass is 708 g/mol. The Balaban J connectivity index is 0.846. The van der Waals surface area contributed by atoms with Gasteiger partial charge < -0.3 is 18.9 Å². The van der Waals surface area contributed by atoms with Gasteiger partial charge in [-0.15, -0.1) is 0 Å². The fraction of sp³-hybridized carbons (Fsp3) is 0.805. The SMILES string of the molecule is C[C@H]1[C@H](CC(=O)c2ccc(C(=O)CC[C@H]3O[C@H]4O[C@@]5(C)CC[C@H]6[C@H](C)CC[C@@H]([C@H]3C)[C@@]46OO5)cc2)O[C@H]2O[C@@]3(C)CC[C@H]4[C@H](C)CC[C@@H]1[C@@]24OO3. The molecule has 8 heterocycles. The molecule has 2 saturated carbocycles. The third-order valence-corrected chi connectivity index (χ3v) is 15.2. The first-order valence-corrected chi connectivity index (χ1v) is 19.9. The molecule has 16 atom stereocenters. The van der Waals surface area contributed by atoms with E-state index in [2.05, 4.69) is 27.7 Å². The van der Waals surface area contributed by atoms with E-state index in [1.807, 2.05) is 13.8 Å². The largest absolute Gasteiger partial charge is 0.346 e. The molecule has 10 fully saturated rings. The molecular formula is C41H56O10. The topological polar surface area (TPSA) is 108 Å². The molecule has 11 rings (SSSR count). The summed E-state index contributed by atoms with van der Waals surface area (Å²) < 4.78 is 26.4. The van der Waals surface area contributed by atoms with Crippen molar-refractivity contribution in [1.29, 1.82) is 0 Å². The van der Waals surface area contributed by atoms with Crippen molar-refractivity contribution in [2.45, 2.75) is 160 Å². The van der Waals surface area contributed by atoms with Gasteiger partial charge in [-0.2, -0.15) is 0 Å². The summed E-state index contributed by atoms with van der Waals surface area (Å²) in [5.41, 5.74) is -0.0549. The van der Waals surface area contributed by atoms with Crippen LogP contribution in [0.3, 0.4) is 0 Å². The number of carbonyl (C=O) groups excluding carboxylic acids is 2. The van der Waals surface area contributed by atoms with Crippen LogP contribution in [0, 0.1) is 47.3 Å². The summed E-state index contributed by atoms with van der Waals surface area (Å²) >= 11 is 0. The molecule has 1 aromatic carbocycles. The molecule has 10 heteroatoms. The van der Waals surface area contributed by atoms with Gasteiger partial charge in [0.25, 0.3) is 0 Å². The summed E-state index contributed by atoms with van der Waals surface area (Å²) in [4.78, 5) is 51.7. The van der Waals surface area contributed by atoms with Crippen LogP contribution in [0.2, 0.25) is 0 Å². The molecule has 0 N–H and O–H groups in total. The van der Waals surface area contributed by atoms with Crippen molar-refractivity contribution < 1.29 is 48.1 Å². The van der Waals surface area contributed by atoms with Crippen molar-refractivity contribution in [3.63, 3.8) is 0 Å². The van der Waals surface area contributed by atoms with E-state index >= 15 is 0 Å². The fourth-order valence-electron chi connectivity index (χ4n) is 12.1. The lowest BCUT2D eigenvalue weighted by Crippen LogP contribution is -2.70. The molecule has 4 bridgehead atoms. The lowest BCUT2D eigenvalue weighted by Gasteiger charge is -2.60. The van der Waals surface area contributed by atoms with Gasteiger partial charge in [-0.25, -0.2) is 19.6 Å². The van der Waals surface area contributed by atoms with Gasteiger partial charge in [0.15, 0.2) is 35.3 Å². The first-order chi connectivity index (χ1) is 24.4. The number of ketones is 2. The van der Waals surface area contributed by atoms with Crippen LogP contribution in [-0.2, 0) is 38.5 Å². The maximum atomic E-state index is 13.7. The minimum atomic E-state index is -0.847. The smallest absolute Gasteiger partial charge is 0.201 e. The van der Waals surface area contributed by atoms with Gasteiger partial charge in [-0.1, -0.05) is 52.0 Å². The number of hydrogen-bond acceptors (Lipinski definition) is 10. The highest BCUT2D eigenvalue weighted by molar-refractivity contribution is 5.99. The Kier molecular flexibility index (Phi) is 8.49. The van der Waals surface area contributed by atoms with Gasteiger partial charge in [0, 0.05) is 48.6 Å². The average Bonchev–Trinajstić information content (AvgIpc) is 3.49. The molecular weight excluding hydrogens is 652 g/mol. The van der Waals surface area contributed by atoms with Gasteiger partial charge >= 0.3 is 0 Å². The van der Waals surface area contributed by atoms with Gasteiger partial charge in [0.2, 0.25) is 11.6 Å². The molecule has 10 nitrogen and oxygen atoms in total. The number of rotatable bonds is 7. The van der Waals surface area contributed by atoms with Crippen molar-refractivity contribution in [1.82, 2.24) is 0 Å². The maximum Gasteiger partial charge on any atom is 0.201 e. The minimum Gasteiger partial charge on any atom is -0.346 e. The van der Waals surface area contributed by atoms with Crippen molar-refractivity contribution in [3.05, 3.63) is 35.4 Å². The van der Waals surface area contributed by atoms with E-state index in [-0.39, 0.29) is 59.8 Å². The maximum absolute atomic E-state index is 13.7. The van der Waals surface area contributed by atoms with Crippen LogP contribution in [0.4, 0.5) is 0 Å². The molecule has 0 unspecified atom stereocenters. The Bertz CT molecular complexity index is 1530. The molecule has 8 saturated heterocycles. The van der Waals surface area contributed by atoms with E-state index in [4.69, 9.17) is 38.5 Å². The van der Waals surface area contributed by atoms with Crippen LogP contribution >= 0.6 is 0 Å². The lowest BCUT2D eigenvalue weighted by atomic mass is 9.57. The van der Waals surface area contributed by atoms with Gasteiger partial charge in [-0.3, -0.25) is 9.59 Å². The zero-order valence-corrected chi connectivity index (χ0v) is 31.1. The summed E-state index contributed by atoms with van der Waals surface area (Å²) in [6, 6.07) is 7.14. The molecule has 1 aromatic rings. The summed E-state index contributed by atoms with van der Waals surface area (Å²) in [7, 11) is 0. The van der Waals surface area contributed by atoms with Crippen molar-refractivity contribution in [2.75, 3.05) is 0 Å². The number of carbonyl (C=O) groups is 2. The highest BCUT2D eigenvalue weighted by Gasteiger charge is 2.70. The van der Waals surface area contributed by atoms with Crippen LogP contribution in [0.25, 0.3) is 0 Å². The van der Waals surface area contributed by atoms with Crippen LogP contribution < -0.4 is 0 Å².